The lowest BCUT2D eigenvalue weighted by Gasteiger charge is -2.32. The van der Waals surface area contributed by atoms with Crippen LogP contribution in [0.5, 0.6) is 0 Å². The van der Waals surface area contributed by atoms with E-state index in [0.717, 1.165) is 18.4 Å². The summed E-state index contributed by atoms with van der Waals surface area (Å²) in [6, 6.07) is 20.6. The molecule has 1 unspecified atom stereocenters. The molecule has 0 bridgehead atoms. The number of rotatable bonds is 7. The van der Waals surface area contributed by atoms with Crippen molar-refractivity contribution in [2.24, 2.45) is 0 Å². The summed E-state index contributed by atoms with van der Waals surface area (Å²) in [5, 5.41) is 0. The first-order valence-corrected chi connectivity index (χ1v) is 9.42. The van der Waals surface area contributed by atoms with Crippen molar-refractivity contribution in [2.45, 2.75) is 64.3 Å². The SMILES string of the molecule is CC1(C)OB(C(CCc2ccccc2)OCc2ccccc2)OC1(C)C. The van der Waals surface area contributed by atoms with Gasteiger partial charge < -0.3 is 14.0 Å². The zero-order chi connectivity index (χ0) is 18.6. The molecule has 1 heterocycles. The van der Waals surface area contributed by atoms with Crippen LogP contribution in [0.15, 0.2) is 60.7 Å². The van der Waals surface area contributed by atoms with E-state index >= 15 is 0 Å². The Bertz CT molecular complexity index is 626. The first kappa shape index (κ1) is 19.2. The molecule has 0 N–H and O–H groups in total. The normalized spacial score (nSPS) is 19.5. The number of aryl methyl sites for hydroxylation is 1. The summed E-state index contributed by atoms with van der Waals surface area (Å²) in [4.78, 5) is 0. The van der Waals surface area contributed by atoms with Gasteiger partial charge in [-0.1, -0.05) is 60.7 Å². The molecular formula is C22H29BO3. The Morgan fingerprint density at radius 3 is 1.85 bits per heavy atom. The molecule has 138 valence electrons. The van der Waals surface area contributed by atoms with Crippen molar-refractivity contribution >= 4 is 7.12 Å². The summed E-state index contributed by atoms with van der Waals surface area (Å²) in [6.07, 6.45) is 1.79. The zero-order valence-corrected chi connectivity index (χ0v) is 16.3. The first-order chi connectivity index (χ1) is 12.4. The van der Waals surface area contributed by atoms with E-state index in [4.69, 9.17) is 14.0 Å². The molecular weight excluding hydrogens is 323 g/mol. The zero-order valence-electron chi connectivity index (χ0n) is 16.3. The first-order valence-electron chi connectivity index (χ1n) is 9.42. The highest BCUT2D eigenvalue weighted by Gasteiger charge is 2.54. The fraction of sp³-hybridized carbons (Fsp3) is 0.455. The van der Waals surface area contributed by atoms with E-state index < -0.39 is 0 Å². The van der Waals surface area contributed by atoms with Gasteiger partial charge in [-0.15, -0.1) is 0 Å². The largest absolute Gasteiger partial charge is 0.488 e. The summed E-state index contributed by atoms with van der Waals surface area (Å²) in [7, 11) is -0.354. The van der Waals surface area contributed by atoms with E-state index in [2.05, 4.69) is 64.1 Å². The van der Waals surface area contributed by atoms with Crippen LogP contribution in [0.4, 0.5) is 0 Å². The number of hydrogen-bond donors (Lipinski definition) is 0. The fourth-order valence-electron chi connectivity index (χ4n) is 3.07. The molecule has 0 aromatic heterocycles. The van der Waals surface area contributed by atoms with Crippen molar-refractivity contribution in [3.63, 3.8) is 0 Å². The molecule has 1 fully saturated rings. The predicted octanol–water partition coefficient (Wildman–Crippen LogP) is 4.84. The Hall–Kier alpha value is -1.62. The lowest BCUT2D eigenvalue weighted by molar-refractivity contribution is 0.00578. The Labute approximate surface area is 157 Å². The number of ether oxygens (including phenoxy) is 1. The molecule has 0 spiro atoms. The minimum absolute atomic E-state index is 0.114. The monoisotopic (exact) mass is 352 g/mol. The minimum atomic E-state index is -0.354. The molecule has 3 rings (SSSR count). The number of hydrogen-bond acceptors (Lipinski definition) is 3. The third-order valence-electron chi connectivity index (χ3n) is 5.44. The molecule has 4 heteroatoms. The number of benzene rings is 2. The molecule has 1 saturated heterocycles. The summed E-state index contributed by atoms with van der Waals surface area (Å²) < 4.78 is 18.8. The van der Waals surface area contributed by atoms with Gasteiger partial charge in [0.1, 0.15) is 0 Å². The van der Waals surface area contributed by atoms with Gasteiger partial charge in [0.15, 0.2) is 0 Å². The third-order valence-corrected chi connectivity index (χ3v) is 5.44. The van der Waals surface area contributed by atoms with Crippen molar-refractivity contribution in [1.29, 1.82) is 0 Å². The van der Waals surface area contributed by atoms with E-state index in [1.54, 1.807) is 0 Å². The predicted molar refractivity (Wildman–Crippen MR) is 106 cm³/mol. The standard InChI is InChI=1S/C22H29BO3/c1-21(2)22(3,4)26-23(25-21)20(16-15-18-11-7-5-8-12-18)24-17-19-13-9-6-10-14-19/h5-14,20H,15-17H2,1-4H3. The van der Waals surface area contributed by atoms with Crippen LogP contribution in [0.2, 0.25) is 0 Å². The Kier molecular flexibility index (Phi) is 5.86. The van der Waals surface area contributed by atoms with E-state index in [1.807, 2.05) is 24.3 Å². The molecule has 0 amide bonds. The molecule has 26 heavy (non-hydrogen) atoms. The lowest BCUT2D eigenvalue weighted by atomic mass is 9.77. The minimum Gasteiger partial charge on any atom is -0.402 e. The van der Waals surface area contributed by atoms with Crippen LogP contribution < -0.4 is 0 Å². The van der Waals surface area contributed by atoms with Gasteiger partial charge in [-0.25, -0.2) is 0 Å². The molecule has 0 radical (unpaired) electrons. The fourth-order valence-corrected chi connectivity index (χ4v) is 3.07. The van der Waals surface area contributed by atoms with E-state index in [1.165, 1.54) is 5.56 Å². The van der Waals surface area contributed by atoms with Gasteiger partial charge >= 0.3 is 7.12 Å². The highest BCUT2D eigenvalue weighted by atomic mass is 16.7. The van der Waals surface area contributed by atoms with Crippen molar-refractivity contribution in [3.05, 3.63) is 71.8 Å². The van der Waals surface area contributed by atoms with Crippen molar-refractivity contribution in [3.8, 4) is 0 Å². The molecule has 2 aromatic carbocycles. The summed E-state index contributed by atoms with van der Waals surface area (Å²) >= 11 is 0. The maximum Gasteiger partial charge on any atom is 0.488 e. The van der Waals surface area contributed by atoms with Crippen LogP contribution in [0, 0.1) is 0 Å². The molecule has 3 nitrogen and oxygen atoms in total. The van der Waals surface area contributed by atoms with Gasteiger partial charge in [-0.2, -0.15) is 0 Å². The van der Waals surface area contributed by atoms with Crippen LogP contribution in [0.25, 0.3) is 0 Å². The molecule has 1 aliphatic rings. The Morgan fingerprint density at radius 1 is 0.808 bits per heavy atom. The Balaban J connectivity index is 1.69. The van der Waals surface area contributed by atoms with Crippen LogP contribution in [-0.2, 0) is 27.1 Å². The third kappa shape index (κ3) is 4.56. The molecule has 1 aliphatic heterocycles. The summed E-state index contributed by atoms with van der Waals surface area (Å²) in [5.41, 5.74) is 1.77. The second kappa shape index (κ2) is 7.95. The highest BCUT2D eigenvalue weighted by Crippen LogP contribution is 2.38. The smallest absolute Gasteiger partial charge is 0.402 e. The second-order valence-corrected chi connectivity index (χ2v) is 7.98. The molecule has 0 aliphatic carbocycles. The van der Waals surface area contributed by atoms with Crippen molar-refractivity contribution in [2.75, 3.05) is 0 Å². The topological polar surface area (TPSA) is 27.7 Å². The quantitative estimate of drug-likeness (QED) is 0.668. The van der Waals surface area contributed by atoms with E-state index in [0.29, 0.717) is 6.61 Å². The molecule has 0 saturated carbocycles. The lowest BCUT2D eigenvalue weighted by Crippen LogP contribution is -2.41. The van der Waals surface area contributed by atoms with Gasteiger partial charge in [0, 0.05) is 0 Å². The van der Waals surface area contributed by atoms with Crippen LogP contribution in [0.1, 0.15) is 45.2 Å². The van der Waals surface area contributed by atoms with Gasteiger partial charge in [-0.05, 0) is 51.7 Å². The average Bonchev–Trinajstić information content (AvgIpc) is 2.84. The average molecular weight is 352 g/mol. The van der Waals surface area contributed by atoms with Crippen LogP contribution in [-0.4, -0.2) is 24.3 Å². The second-order valence-electron chi connectivity index (χ2n) is 7.98. The molecule has 1 atom stereocenters. The summed E-state index contributed by atoms with van der Waals surface area (Å²) in [5.74, 6) is 0. The molecule has 2 aromatic rings. The summed E-state index contributed by atoms with van der Waals surface area (Å²) in [6.45, 7) is 8.89. The maximum atomic E-state index is 6.27. The van der Waals surface area contributed by atoms with Crippen LogP contribution in [0.3, 0.4) is 0 Å². The van der Waals surface area contributed by atoms with Gasteiger partial charge in [0.05, 0.1) is 23.8 Å². The van der Waals surface area contributed by atoms with E-state index in [-0.39, 0.29) is 24.3 Å². The van der Waals surface area contributed by atoms with Crippen molar-refractivity contribution < 1.29 is 14.0 Å². The van der Waals surface area contributed by atoms with Crippen LogP contribution >= 0.6 is 0 Å². The highest BCUT2D eigenvalue weighted by molar-refractivity contribution is 6.47. The van der Waals surface area contributed by atoms with Gasteiger partial charge in [0.2, 0.25) is 0 Å². The maximum absolute atomic E-state index is 6.27. The Morgan fingerprint density at radius 2 is 1.31 bits per heavy atom. The van der Waals surface area contributed by atoms with E-state index in [9.17, 15) is 0 Å². The van der Waals surface area contributed by atoms with Gasteiger partial charge in [0.25, 0.3) is 0 Å². The van der Waals surface area contributed by atoms with Crippen molar-refractivity contribution in [1.82, 2.24) is 0 Å². The van der Waals surface area contributed by atoms with Gasteiger partial charge in [-0.3, -0.25) is 0 Å².